The summed E-state index contributed by atoms with van der Waals surface area (Å²) in [6.45, 7) is 0. The van der Waals surface area contributed by atoms with Gasteiger partial charge in [-0.3, -0.25) is 0 Å². The molecule has 0 aromatic carbocycles. The zero-order chi connectivity index (χ0) is 8.48. The van der Waals surface area contributed by atoms with Gasteiger partial charge in [0.05, 0.1) is 0 Å². The molecule has 1 aromatic rings. The van der Waals surface area contributed by atoms with Gasteiger partial charge in [-0.1, -0.05) is 17.7 Å². The van der Waals surface area contributed by atoms with Gasteiger partial charge in [-0.2, -0.15) is 8.78 Å². The van der Waals surface area contributed by atoms with Crippen molar-refractivity contribution in [2.75, 3.05) is 0 Å². The molecule has 0 fully saturated rings. The fourth-order valence-corrected chi connectivity index (χ4v) is 0.835. The second-order valence-corrected chi connectivity index (χ2v) is 2.71. The molecule has 1 rings (SSSR count). The van der Waals surface area contributed by atoms with E-state index in [1.165, 1.54) is 12.1 Å². The maximum absolute atomic E-state index is 12.3. The summed E-state index contributed by atoms with van der Waals surface area (Å²) in [4.78, 5) is 3.33. The molecule has 0 radical (unpaired) electrons. The average molecular weight is 198 g/mol. The van der Waals surface area contributed by atoms with Crippen LogP contribution in [0.25, 0.3) is 0 Å². The molecule has 0 aliphatic rings. The Hall–Kier alpha value is -0.410. The predicted octanol–water partition coefficient (Wildman–Crippen LogP) is 3.02. The van der Waals surface area contributed by atoms with E-state index in [0.29, 0.717) is 0 Å². The van der Waals surface area contributed by atoms with Crippen LogP contribution in [-0.2, 0) is 5.38 Å². The van der Waals surface area contributed by atoms with Gasteiger partial charge in [-0.25, -0.2) is 4.98 Å². The van der Waals surface area contributed by atoms with Crippen LogP contribution in [0.3, 0.4) is 0 Å². The van der Waals surface area contributed by atoms with Crippen molar-refractivity contribution in [3.05, 3.63) is 29.0 Å². The smallest absolute Gasteiger partial charge is 0.233 e. The summed E-state index contributed by atoms with van der Waals surface area (Å²) >= 11 is 10.0. The van der Waals surface area contributed by atoms with Crippen LogP contribution in [0.2, 0.25) is 5.15 Å². The molecular weight excluding hydrogens is 195 g/mol. The summed E-state index contributed by atoms with van der Waals surface area (Å²) in [6.07, 6.45) is 0. The predicted molar refractivity (Wildman–Crippen MR) is 39.0 cm³/mol. The fraction of sp³-hybridized carbons (Fsp3) is 0.167. The Labute approximate surface area is 72.0 Å². The van der Waals surface area contributed by atoms with Gasteiger partial charge in [-0.05, 0) is 23.7 Å². The lowest BCUT2D eigenvalue weighted by Crippen LogP contribution is -2.05. The molecule has 0 aliphatic carbocycles. The third kappa shape index (κ3) is 2.27. The monoisotopic (exact) mass is 197 g/mol. The summed E-state index contributed by atoms with van der Waals surface area (Å²) < 4.78 is 24.6. The third-order valence-corrected chi connectivity index (χ3v) is 1.41. The zero-order valence-corrected chi connectivity index (χ0v) is 6.70. The van der Waals surface area contributed by atoms with Gasteiger partial charge in [0.15, 0.2) is 0 Å². The first kappa shape index (κ1) is 8.68. The van der Waals surface area contributed by atoms with E-state index in [1.54, 1.807) is 0 Å². The van der Waals surface area contributed by atoms with Crippen LogP contribution in [0.4, 0.5) is 8.78 Å². The van der Waals surface area contributed by atoms with Gasteiger partial charge in [-0.15, -0.1) is 0 Å². The van der Waals surface area contributed by atoms with Gasteiger partial charge in [0.2, 0.25) is 0 Å². The molecule has 0 bridgehead atoms. The molecule has 0 N–H and O–H groups in total. The fourth-order valence-electron chi connectivity index (χ4n) is 0.566. The summed E-state index contributed by atoms with van der Waals surface area (Å²) in [5.74, 6) is 0. The van der Waals surface area contributed by atoms with Crippen LogP contribution in [0.15, 0.2) is 18.2 Å². The SMILES string of the molecule is FC(F)(Cl)c1cccc(Cl)n1. The van der Waals surface area contributed by atoms with Gasteiger partial charge >= 0.3 is 5.38 Å². The van der Waals surface area contributed by atoms with Crippen molar-refractivity contribution >= 4 is 23.2 Å². The second-order valence-electron chi connectivity index (χ2n) is 1.84. The van der Waals surface area contributed by atoms with Crippen molar-refractivity contribution in [2.45, 2.75) is 5.38 Å². The zero-order valence-electron chi connectivity index (χ0n) is 5.19. The van der Waals surface area contributed by atoms with Crippen molar-refractivity contribution in [1.82, 2.24) is 4.98 Å². The van der Waals surface area contributed by atoms with Crippen molar-refractivity contribution in [3.63, 3.8) is 0 Å². The van der Waals surface area contributed by atoms with E-state index >= 15 is 0 Å². The van der Waals surface area contributed by atoms with E-state index in [-0.39, 0.29) is 5.15 Å². The first-order valence-corrected chi connectivity index (χ1v) is 3.45. The molecule has 60 valence electrons. The number of nitrogens with zero attached hydrogens (tertiary/aromatic N) is 1. The summed E-state index contributed by atoms with van der Waals surface area (Å²) in [6, 6.07) is 3.87. The maximum atomic E-state index is 12.3. The van der Waals surface area contributed by atoms with Crippen molar-refractivity contribution in [1.29, 1.82) is 0 Å². The van der Waals surface area contributed by atoms with E-state index in [9.17, 15) is 8.78 Å². The third-order valence-electron chi connectivity index (χ3n) is 1.01. The van der Waals surface area contributed by atoms with Crippen LogP contribution < -0.4 is 0 Å². The Kier molecular flexibility index (Phi) is 2.30. The van der Waals surface area contributed by atoms with E-state index in [4.69, 9.17) is 11.6 Å². The molecule has 1 nitrogen and oxygen atoms in total. The molecule has 0 spiro atoms. The van der Waals surface area contributed by atoms with Crippen LogP contribution in [-0.4, -0.2) is 4.98 Å². The molecule has 0 atom stereocenters. The lowest BCUT2D eigenvalue weighted by molar-refractivity contribution is 0.0900. The molecule has 0 aliphatic heterocycles. The summed E-state index contributed by atoms with van der Waals surface area (Å²) in [7, 11) is 0. The number of rotatable bonds is 1. The molecule has 0 saturated carbocycles. The van der Waals surface area contributed by atoms with Crippen molar-refractivity contribution in [3.8, 4) is 0 Å². The normalized spacial score (nSPS) is 11.6. The van der Waals surface area contributed by atoms with Gasteiger partial charge in [0.1, 0.15) is 10.8 Å². The Balaban J connectivity index is 3.06. The minimum Gasteiger partial charge on any atom is -0.233 e. The maximum Gasteiger partial charge on any atom is 0.364 e. The molecule has 11 heavy (non-hydrogen) atoms. The Morgan fingerprint density at radius 1 is 1.36 bits per heavy atom. The Morgan fingerprint density at radius 2 is 2.00 bits per heavy atom. The quantitative estimate of drug-likeness (QED) is 0.499. The number of hydrogen-bond acceptors (Lipinski definition) is 1. The average Bonchev–Trinajstić information content (AvgIpc) is 1.86. The van der Waals surface area contributed by atoms with E-state index in [0.717, 1.165) is 6.07 Å². The minimum atomic E-state index is -3.44. The van der Waals surface area contributed by atoms with Gasteiger partial charge in [0.25, 0.3) is 0 Å². The summed E-state index contributed by atoms with van der Waals surface area (Å²) in [5.41, 5.74) is -0.535. The van der Waals surface area contributed by atoms with E-state index < -0.39 is 11.1 Å². The topological polar surface area (TPSA) is 12.9 Å². The van der Waals surface area contributed by atoms with Crippen LogP contribution in [0.5, 0.6) is 0 Å². The molecule has 0 saturated heterocycles. The number of pyridine rings is 1. The molecule has 1 heterocycles. The first-order chi connectivity index (χ1) is 5.00. The highest BCUT2D eigenvalue weighted by Crippen LogP contribution is 2.30. The van der Waals surface area contributed by atoms with Crippen molar-refractivity contribution < 1.29 is 8.78 Å². The highest BCUT2D eigenvalue weighted by atomic mass is 35.5. The summed E-state index contributed by atoms with van der Waals surface area (Å²) in [5, 5.41) is -3.44. The van der Waals surface area contributed by atoms with Gasteiger partial charge in [0, 0.05) is 0 Å². The van der Waals surface area contributed by atoms with E-state index in [1.807, 2.05) is 0 Å². The van der Waals surface area contributed by atoms with Crippen LogP contribution in [0.1, 0.15) is 5.69 Å². The van der Waals surface area contributed by atoms with Crippen LogP contribution in [0, 0.1) is 0 Å². The molecule has 5 heteroatoms. The highest BCUT2D eigenvalue weighted by Gasteiger charge is 2.29. The minimum absolute atomic E-state index is 0.00262. The highest BCUT2D eigenvalue weighted by molar-refractivity contribution is 6.29. The second kappa shape index (κ2) is 2.91. The first-order valence-electron chi connectivity index (χ1n) is 2.70. The number of aromatic nitrogens is 1. The molecular formula is C6H3Cl2F2N. The number of hydrogen-bond donors (Lipinski definition) is 0. The van der Waals surface area contributed by atoms with Gasteiger partial charge < -0.3 is 0 Å². The molecule has 0 unspecified atom stereocenters. The lowest BCUT2D eigenvalue weighted by atomic mass is 10.4. The molecule has 0 amide bonds. The molecule has 1 aromatic heterocycles. The van der Waals surface area contributed by atoms with Crippen molar-refractivity contribution in [2.24, 2.45) is 0 Å². The Morgan fingerprint density at radius 3 is 2.36 bits per heavy atom. The standard InChI is InChI=1S/C6H3Cl2F2N/c7-5-3-1-2-4(11-5)6(8,9)10/h1-3H. The largest absolute Gasteiger partial charge is 0.364 e. The number of halogens is 4. The lowest BCUT2D eigenvalue weighted by Gasteiger charge is -2.05. The number of alkyl halides is 3. The van der Waals surface area contributed by atoms with E-state index in [2.05, 4.69) is 16.6 Å². The Bertz CT molecular complexity index is 259. The van der Waals surface area contributed by atoms with Crippen LogP contribution >= 0.6 is 23.2 Å².